The number of benzene rings is 1. The maximum absolute atomic E-state index is 13.7. The monoisotopic (exact) mass is 320 g/mol. The molecule has 5 heteroatoms. The third-order valence-corrected chi connectivity index (χ3v) is 4.22. The minimum absolute atomic E-state index is 0.197. The zero-order valence-corrected chi connectivity index (χ0v) is 13.4. The van der Waals surface area contributed by atoms with Gasteiger partial charge in [-0.25, -0.2) is 14.4 Å². The fourth-order valence-electron chi connectivity index (χ4n) is 3.05. The van der Waals surface area contributed by atoms with Crippen molar-refractivity contribution in [1.82, 2.24) is 15.0 Å². The van der Waals surface area contributed by atoms with Crippen LogP contribution in [-0.2, 0) is 13.0 Å². The van der Waals surface area contributed by atoms with E-state index in [-0.39, 0.29) is 5.82 Å². The van der Waals surface area contributed by atoms with E-state index in [0.29, 0.717) is 12.4 Å². The van der Waals surface area contributed by atoms with Gasteiger partial charge in [-0.2, -0.15) is 0 Å². The van der Waals surface area contributed by atoms with Crippen molar-refractivity contribution in [2.45, 2.75) is 19.9 Å². The van der Waals surface area contributed by atoms with E-state index in [2.05, 4.69) is 19.9 Å². The van der Waals surface area contributed by atoms with Gasteiger partial charge in [-0.15, -0.1) is 0 Å². The Hall–Kier alpha value is -2.82. The van der Waals surface area contributed by atoms with E-state index in [1.807, 2.05) is 37.4 Å². The molecule has 0 spiro atoms. The SMILES string of the molecule is Cc1cc(F)cc(N2CCc3nc(-c4ccccn4)ncc3C2)c1. The second-order valence-corrected chi connectivity index (χ2v) is 6.04. The van der Waals surface area contributed by atoms with E-state index >= 15 is 0 Å². The van der Waals surface area contributed by atoms with Gasteiger partial charge >= 0.3 is 0 Å². The normalized spacial score (nSPS) is 13.7. The number of anilines is 1. The predicted octanol–water partition coefficient (Wildman–Crippen LogP) is 3.55. The number of halogens is 1. The third kappa shape index (κ3) is 2.85. The average Bonchev–Trinajstić information content (AvgIpc) is 2.61. The summed E-state index contributed by atoms with van der Waals surface area (Å²) in [7, 11) is 0. The Morgan fingerprint density at radius 1 is 1.12 bits per heavy atom. The molecule has 4 nitrogen and oxygen atoms in total. The minimum atomic E-state index is -0.197. The Bertz CT molecular complexity index is 860. The summed E-state index contributed by atoms with van der Waals surface area (Å²) in [6.45, 7) is 3.42. The van der Waals surface area contributed by atoms with Crippen LogP contribution in [0, 0.1) is 12.7 Å². The number of fused-ring (bicyclic) bond motifs is 1. The molecule has 1 aliphatic rings. The van der Waals surface area contributed by atoms with E-state index in [0.717, 1.165) is 41.2 Å². The number of pyridine rings is 1. The van der Waals surface area contributed by atoms with Gasteiger partial charge in [-0.3, -0.25) is 4.98 Å². The van der Waals surface area contributed by atoms with Crippen LogP contribution in [-0.4, -0.2) is 21.5 Å². The molecule has 0 unspecified atom stereocenters. The van der Waals surface area contributed by atoms with Gasteiger partial charge in [0.15, 0.2) is 5.82 Å². The lowest BCUT2D eigenvalue weighted by Gasteiger charge is -2.30. The molecular weight excluding hydrogens is 303 g/mol. The van der Waals surface area contributed by atoms with E-state index in [9.17, 15) is 4.39 Å². The summed E-state index contributed by atoms with van der Waals surface area (Å²) in [5.41, 5.74) is 4.76. The molecule has 1 aliphatic heterocycles. The molecule has 0 amide bonds. The van der Waals surface area contributed by atoms with Gasteiger partial charge in [-0.05, 0) is 42.8 Å². The summed E-state index contributed by atoms with van der Waals surface area (Å²) in [5, 5.41) is 0. The Morgan fingerprint density at radius 3 is 2.83 bits per heavy atom. The van der Waals surface area contributed by atoms with Crippen LogP contribution in [0.15, 0.2) is 48.8 Å². The largest absolute Gasteiger partial charge is 0.367 e. The van der Waals surface area contributed by atoms with Crippen molar-refractivity contribution in [3.8, 4) is 11.5 Å². The Kier molecular flexibility index (Phi) is 3.69. The molecule has 0 aliphatic carbocycles. The molecule has 0 saturated heterocycles. The van der Waals surface area contributed by atoms with Gasteiger partial charge in [-0.1, -0.05) is 6.07 Å². The lowest BCUT2D eigenvalue weighted by Crippen LogP contribution is -2.31. The molecule has 3 aromatic rings. The highest BCUT2D eigenvalue weighted by atomic mass is 19.1. The van der Waals surface area contributed by atoms with Crippen LogP contribution in [0.3, 0.4) is 0 Å². The van der Waals surface area contributed by atoms with E-state index < -0.39 is 0 Å². The molecule has 1 aromatic carbocycles. The molecular formula is C19H17FN4. The van der Waals surface area contributed by atoms with Crippen LogP contribution in [0.5, 0.6) is 0 Å². The second-order valence-electron chi connectivity index (χ2n) is 6.04. The summed E-state index contributed by atoms with van der Waals surface area (Å²) in [4.78, 5) is 15.6. The molecule has 0 N–H and O–H groups in total. The predicted molar refractivity (Wildman–Crippen MR) is 91.2 cm³/mol. The minimum Gasteiger partial charge on any atom is -0.367 e. The molecule has 120 valence electrons. The fraction of sp³-hybridized carbons (Fsp3) is 0.211. The molecule has 2 aromatic heterocycles. The van der Waals surface area contributed by atoms with Gasteiger partial charge in [0.05, 0.1) is 5.69 Å². The third-order valence-electron chi connectivity index (χ3n) is 4.22. The fourth-order valence-corrected chi connectivity index (χ4v) is 3.05. The summed E-state index contributed by atoms with van der Waals surface area (Å²) < 4.78 is 13.7. The number of hydrogen-bond acceptors (Lipinski definition) is 4. The number of aryl methyl sites for hydroxylation is 1. The highest BCUT2D eigenvalue weighted by Gasteiger charge is 2.20. The number of nitrogens with zero attached hydrogens (tertiary/aromatic N) is 4. The van der Waals surface area contributed by atoms with Crippen molar-refractivity contribution in [2.24, 2.45) is 0 Å². The molecule has 0 saturated carbocycles. The van der Waals surface area contributed by atoms with Crippen molar-refractivity contribution in [2.75, 3.05) is 11.4 Å². The van der Waals surface area contributed by atoms with Crippen molar-refractivity contribution in [3.05, 3.63) is 71.4 Å². The molecule has 0 atom stereocenters. The number of aromatic nitrogens is 3. The molecule has 0 fully saturated rings. The van der Waals surface area contributed by atoms with Gasteiger partial charge in [0.1, 0.15) is 11.5 Å². The topological polar surface area (TPSA) is 41.9 Å². The first-order chi connectivity index (χ1) is 11.7. The van der Waals surface area contributed by atoms with Gasteiger partial charge < -0.3 is 4.90 Å². The summed E-state index contributed by atoms with van der Waals surface area (Å²) in [5.74, 6) is 0.460. The smallest absolute Gasteiger partial charge is 0.178 e. The van der Waals surface area contributed by atoms with Crippen molar-refractivity contribution in [1.29, 1.82) is 0 Å². The summed E-state index contributed by atoms with van der Waals surface area (Å²) >= 11 is 0. The standard InChI is InChI=1S/C19H17FN4/c1-13-8-15(20)10-16(9-13)24-7-5-17-14(12-24)11-22-19(23-17)18-4-2-3-6-21-18/h2-4,6,8-11H,5,7,12H2,1H3. The first-order valence-electron chi connectivity index (χ1n) is 7.97. The molecule has 3 heterocycles. The highest BCUT2D eigenvalue weighted by molar-refractivity contribution is 5.53. The molecule has 0 bridgehead atoms. The highest BCUT2D eigenvalue weighted by Crippen LogP contribution is 2.26. The van der Waals surface area contributed by atoms with E-state index in [4.69, 9.17) is 0 Å². The maximum atomic E-state index is 13.7. The van der Waals surface area contributed by atoms with Gasteiger partial charge in [0, 0.05) is 43.2 Å². The quantitative estimate of drug-likeness (QED) is 0.724. The van der Waals surface area contributed by atoms with E-state index in [1.165, 1.54) is 0 Å². The maximum Gasteiger partial charge on any atom is 0.178 e. The first-order valence-corrected chi connectivity index (χ1v) is 7.97. The zero-order chi connectivity index (χ0) is 16.5. The zero-order valence-electron chi connectivity index (χ0n) is 13.4. The summed E-state index contributed by atoms with van der Waals surface area (Å²) in [6.07, 6.45) is 4.42. The van der Waals surface area contributed by atoms with Crippen LogP contribution >= 0.6 is 0 Å². The van der Waals surface area contributed by atoms with Crippen LogP contribution < -0.4 is 4.90 Å². The van der Waals surface area contributed by atoms with E-state index in [1.54, 1.807) is 18.3 Å². The van der Waals surface area contributed by atoms with Gasteiger partial charge in [0.25, 0.3) is 0 Å². The lowest BCUT2D eigenvalue weighted by molar-refractivity contribution is 0.623. The molecule has 0 radical (unpaired) electrons. The summed E-state index contributed by atoms with van der Waals surface area (Å²) in [6, 6.07) is 10.9. The van der Waals surface area contributed by atoms with Gasteiger partial charge in [0.2, 0.25) is 0 Å². The number of hydrogen-bond donors (Lipinski definition) is 0. The van der Waals surface area contributed by atoms with Crippen LogP contribution in [0.1, 0.15) is 16.8 Å². The first kappa shape index (κ1) is 14.8. The molecule has 24 heavy (non-hydrogen) atoms. The van der Waals surface area contributed by atoms with Crippen LogP contribution in [0.25, 0.3) is 11.5 Å². The van der Waals surface area contributed by atoms with Crippen molar-refractivity contribution >= 4 is 5.69 Å². The van der Waals surface area contributed by atoms with Crippen LogP contribution in [0.2, 0.25) is 0 Å². The van der Waals surface area contributed by atoms with Crippen molar-refractivity contribution in [3.63, 3.8) is 0 Å². The Labute approximate surface area is 140 Å². The Balaban J connectivity index is 1.62. The lowest BCUT2D eigenvalue weighted by atomic mass is 10.1. The number of rotatable bonds is 2. The Morgan fingerprint density at radius 2 is 2.04 bits per heavy atom. The second kappa shape index (κ2) is 6.00. The van der Waals surface area contributed by atoms with Crippen molar-refractivity contribution < 1.29 is 4.39 Å². The average molecular weight is 320 g/mol. The molecule has 4 rings (SSSR count). The van der Waals surface area contributed by atoms with Crippen LogP contribution in [0.4, 0.5) is 10.1 Å².